The fraction of sp³-hybridized carbons (Fsp3) is 0.333. The molecule has 0 spiro atoms. The summed E-state index contributed by atoms with van der Waals surface area (Å²) < 4.78 is 51.3. The molecule has 1 saturated heterocycles. The van der Waals surface area contributed by atoms with Gasteiger partial charge in [-0.3, -0.25) is 4.98 Å². The highest BCUT2D eigenvalue weighted by Crippen LogP contribution is 2.45. The van der Waals surface area contributed by atoms with E-state index in [-0.39, 0.29) is 69.2 Å². The zero-order chi connectivity index (χ0) is 25.3. The van der Waals surface area contributed by atoms with Gasteiger partial charge >= 0.3 is 0 Å². The number of thiophene rings is 1. The molecule has 12 heteroatoms. The topological polar surface area (TPSA) is 104 Å². The van der Waals surface area contributed by atoms with E-state index >= 15 is 4.39 Å². The number of benzene rings is 1. The largest absolute Gasteiger partial charge is 0.389 e. The summed E-state index contributed by atoms with van der Waals surface area (Å²) in [6, 6.07) is 1.67. The van der Waals surface area contributed by atoms with Crippen LogP contribution < -0.4 is 10.6 Å². The number of halogens is 3. The summed E-state index contributed by atoms with van der Waals surface area (Å²) in [4.78, 5) is 16.6. The molecule has 184 valence electrons. The van der Waals surface area contributed by atoms with Gasteiger partial charge in [-0.05, 0) is 25.2 Å². The van der Waals surface area contributed by atoms with Crippen molar-refractivity contribution in [1.82, 2.24) is 19.9 Å². The normalized spacial score (nSPS) is 19.5. The zero-order valence-corrected chi connectivity index (χ0v) is 20.2. The van der Waals surface area contributed by atoms with E-state index in [0.29, 0.717) is 23.1 Å². The molecule has 0 unspecified atom stereocenters. The van der Waals surface area contributed by atoms with E-state index in [1.54, 1.807) is 23.9 Å². The van der Waals surface area contributed by atoms with Crippen molar-refractivity contribution in [2.75, 3.05) is 37.8 Å². The van der Waals surface area contributed by atoms with Crippen LogP contribution in [0.1, 0.15) is 16.7 Å². The van der Waals surface area contributed by atoms with Crippen LogP contribution in [-0.4, -0.2) is 59.3 Å². The lowest BCUT2D eigenvalue weighted by Crippen LogP contribution is -2.36. The van der Waals surface area contributed by atoms with Gasteiger partial charge in [-0.1, -0.05) is 0 Å². The van der Waals surface area contributed by atoms with Crippen LogP contribution in [0.15, 0.2) is 12.4 Å². The molecule has 0 aliphatic carbocycles. The summed E-state index contributed by atoms with van der Waals surface area (Å²) >= 11 is 0.918. The predicted molar refractivity (Wildman–Crippen MR) is 130 cm³/mol. The molecule has 1 aromatic carbocycles. The fourth-order valence-corrected chi connectivity index (χ4v) is 6.01. The van der Waals surface area contributed by atoms with Crippen LogP contribution in [0, 0.1) is 23.0 Å². The first-order chi connectivity index (χ1) is 17.3. The first-order valence-electron chi connectivity index (χ1n) is 11.2. The lowest BCUT2D eigenvalue weighted by atomic mass is 9.94. The van der Waals surface area contributed by atoms with Crippen LogP contribution >= 0.6 is 11.3 Å². The Kier molecular flexibility index (Phi) is 5.26. The Morgan fingerprint density at radius 3 is 2.69 bits per heavy atom. The van der Waals surface area contributed by atoms with Gasteiger partial charge in [0.05, 0.1) is 48.0 Å². The Hall–Kier alpha value is -3.53. The highest BCUT2D eigenvalue weighted by atomic mass is 32.1. The van der Waals surface area contributed by atoms with Crippen molar-refractivity contribution in [3.05, 3.63) is 40.7 Å². The van der Waals surface area contributed by atoms with E-state index < -0.39 is 17.8 Å². The molecular formula is C24H20F3N7OS. The first-order valence-corrected chi connectivity index (χ1v) is 12.0. The monoisotopic (exact) mass is 511 g/mol. The van der Waals surface area contributed by atoms with E-state index in [2.05, 4.69) is 15.0 Å². The number of likely N-dealkylation sites (N-methyl/N-ethyl adjacent to an activating group) is 1. The molecule has 3 aromatic heterocycles. The third kappa shape index (κ3) is 3.23. The van der Waals surface area contributed by atoms with Gasteiger partial charge in [0.25, 0.3) is 0 Å². The summed E-state index contributed by atoms with van der Waals surface area (Å²) in [6.07, 6.45) is 1.43. The second kappa shape index (κ2) is 8.26. The van der Waals surface area contributed by atoms with Crippen molar-refractivity contribution in [2.45, 2.75) is 25.4 Å². The number of fused-ring (bicyclic) bond motifs is 4. The first kappa shape index (κ1) is 22.9. The average Bonchev–Trinajstić information content (AvgIpc) is 3.57. The summed E-state index contributed by atoms with van der Waals surface area (Å²) in [5.74, 6) is -1.11. The van der Waals surface area contributed by atoms with Gasteiger partial charge < -0.3 is 20.3 Å². The predicted octanol–water partition coefficient (Wildman–Crippen LogP) is 3.76. The number of hydrogen-bond donors (Lipinski definition) is 1. The number of nitrogens with two attached hydrogens (primary N) is 1. The molecule has 0 amide bonds. The zero-order valence-electron chi connectivity index (χ0n) is 19.3. The minimum Gasteiger partial charge on any atom is -0.389 e. The molecule has 0 radical (unpaired) electrons. The number of pyridine rings is 1. The van der Waals surface area contributed by atoms with E-state index in [0.717, 1.165) is 17.5 Å². The van der Waals surface area contributed by atoms with Crippen LogP contribution in [0.5, 0.6) is 0 Å². The average molecular weight is 512 g/mol. The van der Waals surface area contributed by atoms with Crippen molar-refractivity contribution in [3.8, 4) is 17.3 Å². The molecule has 0 saturated carbocycles. The van der Waals surface area contributed by atoms with Gasteiger partial charge in [-0.25, -0.2) is 23.1 Å². The Labute approximate surface area is 207 Å². The molecule has 2 aliphatic heterocycles. The van der Waals surface area contributed by atoms with Crippen LogP contribution in [0.3, 0.4) is 0 Å². The standard InChI is InChI=1S/C24H20F3N7OS/c1-33(2)16-7-34(6-15(16)26)24-31-4-11-12-8-35-9-13(12)17(19(27)20(11)32-24)21-18-10(3-28)23(29)36-22(18)14(25)5-30-21/h4-5,15-16H,6-9,29H2,1-2H3/t15-,16+/m1/s1. The number of ether oxygens (including phenoxy) is 1. The van der Waals surface area contributed by atoms with Crippen LogP contribution in [-0.2, 0) is 18.0 Å². The van der Waals surface area contributed by atoms with Crippen molar-refractivity contribution in [2.24, 2.45) is 0 Å². The van der Waals surface area contributed by atoms with E-state index in [1.807, 2.05) is 6.07 Å². The van der Waals surface area contributed by atoms with Crippen molar-refractivity contribution < 1.29 is 17.9 Å². The maximum Gasteiger partial charge on any atom is 0.226 e. The Bertz CT molecular complexity index is 1600. The summed E-state index contributed by atoms with van der Waals surface area (Å²) in [5, 5.41) is 10.5. The van der Waals surface area contributed by atoms with E-state index in [1.165, 1.54) is 6.20 Å². The minimum atomic E-state index is -1.10. The Morgan fingerprint density at radius 1 is 1.19 bits per heavy atom. The maximum atomic E-state index is 16.3. The Morgan fingerprint density at radius 2 is 1.97 bits per heavy atom. The molecular weight excluding hydrogens is 491 g/mol. The van der Waals surface area contributed by atoms with Crippen LogP contribution in [0.4, 0.5) is 24.1 Å². The van der Waals surface area contributed by atoms with Crippen molar-refractivity contribution >= 4 is 43.3 Å². The summed E-state index contributed by atoms with van der Waals surface area (Å²) in [6.45, 7) is 0.780. The molecule has 36 heavy (non-hydrogen) atoms. The number of anilines is 2. The number of nitrogens with zero attached hydrogens (tertiary/aromatic N) is 6. The fourth-order valence-electron chi connectivity index (χ4n) is 5.09. The van der Waals surface area contributed by atoms with Gasteiger partial charge in [-0.2, -0.15) is 5.26 Å². The molecule has 5 heterocycles. The second-order valence-corrected chi connectivity index (χ2v) is 10.2. The SMILES string of the molecule is CN(C)[C@H]1CN(c2ncc3c4c(c(-c5ncc(F)c6sc(N)c(C#N)c56)c(F)c3n2)COC4)C[C@H]1F. The second-order valence-electron chi connectivity index (χ2n) is 9.14. The molecule has 2 N–H and O–H groups in total. The van der Waals surface area contributed by atoms with Gasteiger partial charge in [0.2, 0.25) is 5.95 Å². The molecule has 2 atom stereocenters. The number of aromatic nitrogens is 3. The smallest absolute Gasteiger partial charge is 0.226 e. The number of rotatable bonds is 3. The number of nitrogen functional groups attached to an aromatic ring is 1. The lowest BCUT2D eigenvalue weighted by molar-refractivity contribution is 0.135. The maximum absolute atomic E-state index is 16.3. The lowest BCUT2D eigenvalue weighted by Gasteiger charge is -2.21. The number of nitriles is 1. The molecule has 4 aromatic rings. The third-order valence-electron chi connectivity index (χ3n) is 6.90. The molecule has 6 rings (SSSR count). The number of alkyl halides is 1. The van der Waals surface area contributed by atoms with Gasteiger partial charge in [-0.15, -0.1) is 11.3 Å². The Balaban J connectivity index is 1.59. The highest BCUT2D eigenvalue weighted by Gasteiger charge is 2.36. The highest BCUT2D eigenvalue weighted by molar-refractivity contribution is 7.23. The van der Waals surface area contributed by atoms with Gasteiger partial charge in [0.1, 0.15) is 22.8 Å². The van der Waals surface area contributed by atoms with Gasteiger partial charge in [0, 0.05) is 29.1 Å². The van der Waals surface area contributed by atoms with Crippen LogP contribution in [0.2, 0.25) is 0 Å². The van der Waals surface area contributed by atoms with Crippen molar-refractivity contribution in [1.29, 1.82) is 5.26 Å². The van der Waals surface area contributed by atoms with Crippen LogP contribution in [0.25, 0.3) is 32.2 Å². The quantitative estimate of drug-likeness (QED) is 0.444. The van der Waals surface area contributed by atoms with Gasteiger partial charge in [0.15, 0.2) is 11.6 Å². The minimum absolute atomic E-state index is 0.0314. The summed E-state index contributed by atoms with van der Waals surface area (Å²) in [5.41, 5.74) is 7.50. The van der Waals surface area contributed by atoms with Crippen molar-refractivity contribution in [3.63, 3.8) is 0 Å². The molecule has 0 bridgehead atoms. The molecule has 8 nitrogen and oxygen atoms in total. The number of hydrogen-bond acceptors (Lipinski definition) is 9. The van der Waals surface area contributed by atoms with E-state index in [9.17, 15) is 14.0 Å². The molecule has 2 aliphatic rings. The third-order valence-corrected chi connectivity index (χ3v) is 7.93. The van der Waals surface area contributed by atoms with E-state index in [4.69, 9.17) is 10.5 Å². The summed E-state index contributed by atoms with van der Waals surface area (Å²) in [7, 11) is 3.61. The molecule has 1 fully saturated rings.